The Morgan fingerprint density at radius 3 is 2.86 bits per heavy atom. The minimum atomic E-state index is -0.363. The number of nitrogens with one attached hydrogen (secondary N) is 1. The van der Waals surface area contributed by atoms with Gasteiger partial charge in [-0.3, -0.25) is 0 Å². The summed E-state index contributed by atoms with van der Waals surface area (Å²) >= 11 is 0. The van der Waals surface area contributed by atoms with Crippen LogP contribution in [0.1, 0.15) is 21.6 Å². The lowest BCUT2D eigenvalue weighted by molar-refractivity contribution is 0.0598. The molecule has 0 aliphatic carbocycles. The Bertz CT molecular complexity index is 487. The highest BCUT2D eigenvalue weighted by atomic mass is 35.5. The molecule has 0 amide bonds. The summed E-state index contributed by atoms with van der Waals surface area (Å²) in [5, 5.41) is 12.7. The fourth-order valence-electron chi connectivity index (χ4n) is 2.59. The first-order chi connectivity index (χ1) is 9.58. The van der Waals surface area contributed by atoms with Gasteiger partial charge in [0.25, 0.3) is 0 Å². The van der Waals surface area contributed by atoms with Gasteiger partial charge in [0.15, 0.2) is 0 Å². The predicted octanol–water partition coefficient (Wildman–Crippen LogP) is 0.677. The second-order valence-corrected chi connectivity index (χ2v) is 4.98. The van der Waals surface area contributed by atoms with Gasteiger partial charge in [-0.25, -0.2) is 9.78 Å². The van der Waals surface area contributed by atoms with Crippen molar-refractivity contribution in [3.63, 3.8) is 0 Å². The van der Waals surface area contributed by atoms with Crippen LogP contribution in [0.2, 0.25) is 0 Å². The van der Waals surface area contributed by atoms with Crippen LogP contribution in [0, 0.1) is 13.8 Å². The SMILES string of the molecule is COC(=O)c1c(C)cc(N2CCNCC2CO)nc1C.Cl. The van der Waals surface area contributed by atoms with Crippen molar-refractivity contribution in [2.75, 3.05) is 38.3 Å². The molecule has 1 aromatic heterocycles. The van der Waals surface area contributed by atoms with Gasteiger partial charge in [-0.15, -0.1) is 12.4 Å². The highest BCUT2D eigenvalue weighted by molar-refractivity contribution is 5.92. The van der Waals surface area contributed by atoms with Crippen LogP contribution in [0.5, 0.6) is 0 Å². The third kappa shape index (κ3) is 3.64. The number of pyridine rings is 1. The number of nitrogens with zero attached hydrogens (tertiary/aromatic N) is 2. The summed E-state index contributed by atoms with van der Waals surface area (Å²) in [4.78, 5) is 18.3. The van der Waals surface area contributed by atoms with E-state index in [0.29, 0.717) is 11.3 Å². The number of carbonyl (C=O) groups excluding carboxylic acids is 1. The van der Waals surface area contributed by atoms with E-state index in [1.165, 1.54) is 7.11 Å². The molecule has 0 radical (unpaired) electrons. The second kappa shape index (κ2) is 7.59. The van der Waals surface area contributed by atoms with Crippen LogP contribution in [0.4, 0.5) is 5.82 Å². The predicted molar refractivity (Wildman–Crippen MR) is 83.4 cm³/mol. The van der Waals surface area contributed by atoms with Crippen molar-refractivity contribution in [3.8, 4) is 0 Å². The average Bonchev–Trinajstić information content (AvgIpc) is 2.46. The summed E-state index contributed by atoms with van der Waals surface area (Å²) in [5.41, 5.74) is 2.02. The van der Waals surface area contributed by atoms with Crippen LogP contribution in [0.15, 0.2) is 6.07 Å². The van der Waals surface area contributed by atoms with E-state index in [-0.39, 0.29) is 31.0 Å². The number of ether oxygens (including phenoxy) is 1. The van der Waals surface area contributed by atoms with Crippen molar-refractivity contribution in [1.82, 2.24) is 10.3 Å². The van der Waals surface area contributed by atoms with Crippen molar-refractivity contribution >= 4 is 24.2 Å². The van der Waals surface area contributed by atoms with E-state index in [1.54, 1.807) is 6.92 Å². The fraction of sp³-hybridized carbons (Fsp3) is 0.571. The number of hydrogen-bond acceptors (Lipinski definition) is 6. The Kier molecular flexibility index (Phi) is 6.39. The summed E-state index contributed by atoms with van der Waals surface area (Å²) in [6.45, 7) is 6.13. The Morgan fingerprint density at radius 1 is 1.57 bits per heavy atom. The van der Waals surface area contributed by atoms with Crippen molar-refractivity contribution in [3.05, 3.63) is 22.9 Å². The molecular formula is C14H22ClN3O3. The summed E-state index contributed by atoms with van der Waals surface area (Å²) in [6.07, 6.45) is 0. The van der Waals surface area contributed by atoms with E-state index in [2.05, 4.69) is 15.2 Å². The minimum Gasteiger partial charge on any atom is -0.465 e. The topological polar surface area (TPSA) is 74.7 Å². The van der Waals surface area contributed by atoms with Gasteiger partial charge in [0, 0.05) is 19.6 Å². The summed E-state index contributed by atoms with van der Waals surface area (Å²) in [6, 6.07) is 1.90. The molecule has 7 heteroatoms. The zero-order valence-corrected chi connectivity index (χ0v) is 13.4. The van der Waals surface area contributed by atoms with Crippen LogP contribution in [-0.2, 0) is 4.74 Å². The van der Waals surface area contributed by atoms with Gasteiger partial charge in [0.1, 0.15) is 5.82 Å². The van der Waals surface area contributed by atoms with Crippen molar-refractivity contribution in [2.45, 2.75) is 19.9 Å². The van der Waals surface area contributed by atoms with Crippen LogP contribution in [0.3, 0.4) is 0 Å². The summed E-state index contributed by atoms with van der Waals surface area (Å²) in [5.74, 6) is 0.436. The molecule has 0 saturated carbocycles. The molecule has 0 aromatic carbocycles. The highest BCUT2D eigenvalue weighted by Gasteiger charge is 2.24. The first-order valence-corrected chi connectivity index (χ1v) is 6.73. The molecular weight excluding hydrogens is 294 g/mol. The molecule has 2 rings (SSSR count). The molecule has 1 aliphatic rings. The number of hydrogen-bond donors (Lipinski definition) is 2. The molecule has 1 fully saturated rings. The maximum Gasteiger partial charge on any atom is 0.339 e. The Balaban J connectivity index is 0.00000220. The normalized spacial score (nSPS) is 18.1. The molecule has 6 nitrogen and oxygen atoms in total. The van der Waals surface area contributed by atoms with Gasteiger partial charge >= 0.3 is 5.97 Å². The fourth-order valence-corrected chi connectivity index (χ4v) is 2.59. The van der Waals surface area contributed by atoms with Gasteiger partial charge < -0.3 is 20.1 Å². The van der Waals surface area contributed by atoms with Crippen molar-refractivity contribution in [2.24, 2.45) is 0 Å². The molecule has 0 spiro atoms. The van der Waals surface area contributed by atoms with Crippen molar-refractivity contribution in [1.29, 1.82) is 0 Å². The molecule has 1 aliphatic heterocycles. The van der Waals surface area contributed by atoms with E-state index < -0.39 is 0 Å². The molecule has 1 unspecified atom stereocenters. The van der Waals surface area contributed by atoms with E-state index in [1.807, 2.05) is 13.0 Å². The average molecular weight is 316 g/mol. The Labute approximate surface area is 130 Å². The van der Waals surface area contributed by atoms with Gasteiger partial charge in [0.05, 0.1) is 31.0 Å². The van der Waals surface area contributed by atoms with Crippen LogP contribution < -0.4 is 10.2 Å². The number of piperazine rings is 1. The number of rotatable bonds is 3. The quantitative estimate of drug-likeness (QED) is 0.799. The van der Waals surface area contributed by atoms with E-state index >= 15 is 0 Å². The zero-order valence-electron chi connectivity index (χ0n) is 12.5. The van der Waals surface area contributed by atoms with Crippen LogP contribution >= 0.6 is 12.4 Å². The van der Waals surface area contributed by atoms with Gasteiger partial charge in [0.2, 0.25) is 0 Å². The van der Waals surface area contributed by atoms with Crippen LogP contribution in [-0.4, -0.2) is 55.5 Å². The maximum atomic E-state index is 11.7. The number of aliphatic hydroxyl groups is 1. The zero-order chi connectivity index (χ0) is 14.7. The van der Waals surface area contributed by atoms with E-state index in [9.17, 15) is 9.90 Å². The number of halogens is 1. The Morgan fingerprint density at radius 2 is 2.29 bits per heavy atom. The lowest BCUT2D eigenvalue weighted by Gasteiger charge is -2.36. The summed E-state index contributed by atoms with van der Waals surface area (Å²) in [7, 11) is 1.37. The molecule has 21 heavy (non-hydrogen) atoms. The monoisotopic (exact) mass is 315 g/mol. The number of aliphatic hydroxyl groups excluding tert-OH is 1. The van der Waals surface area contributed by atoms with E-state index in [4.69, 9.17) is 4.74 Å². The number of anilines is 1. The lowest BCUT2D eigenvalue weighted by Crippen LogP contribution is -2.53. The molecule has 2 N–H and O–H groups in total. The molecule has 118 valence electrons. The van der Waals surface area contributed by atoms with Crippen LogP contribution in [0.25, 0.3) is 0 Å². The number of methoxy groups -OCH3 is 1. The Hall–Kier alpha value is -1.37. The molecule has 1 saturated heterocycles. The van der Waals surface area contributed by atoms with E-state index in [0.717, 1.165) is 31.0 Å². The van der Waals surface area contributed by atoms with Gasteiger partial charge in [-0.2, -0.15) is 0 Å². The lowest BCUT2D eigenvalue weighted by atomic mass is 10.1. The molecule has 1 atom stereocenters. The smallest absolute Gasteiger partial charge is 0.339 e. The highest BCUT2D eigenvalue weighted by Crippen LogP contribution is 2.22. The van der Waals surface area contributed by atoms with Gasteiger partial charge in [-0.1, -0.05) is 0 Å². The third-order valence-corrected chi connectivity index (χ3v) is 3.63. The largest absolute Gasteiger partial charge is 0.465 e. The molecule has 1 aromatic rings. The second-order valence-electron chi connectivity index (χ2n) is 4.98. The van der Waals surface area contributed by atoms with Crippen molar-refractivity contribution < 1.29 is 14.6 Å². The maximum absolute atomic E-state index is 11.7. The molecule has 0 bridgehead atoms. The molecule has 2 heterocycles. The third-order valence-electron chi connectivity index (χ3n) is 3.63. The first-order valence-electron chi connectivity index (χ1n) is 6.73. The number of aromatic nitrogens is 1. The standard InChI is InChI=1S/C14H21N3O3.ClH/c1-9-6-12(16-10(2)13(9)14(19)20-3)17-5-4-15-7-11(17)8-18;/h6,11,15,18H,4-5,7-8H2,1-3H3;1H. The number of aryl methyl sites for hydroxylation is 2. The number of carbonyl (C=O) groups is 1. The van der Waals surface area contributed by atoms with Gasteiger partial charge in [-0.05, 0) is 25.5 Å². The number of esters is 1. The first kappa shape index (κ1) is 17.7. The minimum absolute atomic E-state index is 0. The summed E-state index contributed by atoms with van der Waals surface area (Å²) < 4.78 is 4.78.